The zero-order valence-electron chi connectivity index (χ0n) is 12.9. The van der Waals surface area contributed by atoms with Crippen molar-refractivity contribution >= 4 is 11.6 Å². The summed E-state index contributed by atoms with van der Waals surface area (Å²) in [6, 6.07) is 0. The molecule has 0 amide bonds. The summed E-state index contributed by atoms with van der Waals surface area (Å²) in [7, 11) is 0. The summed E-state index contributed by atoms with van der Waals surface area (Å²) >= 11 is 0. The summed E-state index contributed by atoms with van der Waals surface area (Å²) in [6.07, 6.45) is 6.90. The van der Waals surface area contributed by atoms with Gasteiger partial charge in [-0.05, 0) is 52.0 Å². The summed E-state index contributed by atoms with van der Waals surface area (Å²) in [5.74, 6) is -0.102. The van der Waals surface area contributed by atoms with E-state index in [1.165, 1.54) is 0 Å². The first-order chi connectivity index (χ1) is 9.91. The minimum absolute atomic E-state index is 0.0568. The van der Waals surface area contributed by atoms with Gasteiger partial charge >= 0.3 is 0 Å². The average Bonchev–Trinajstić information content (AvgIpc) is 2.67. The maximum absolute atomic E-state index is 12.8. The third kappa shape index (κ3) is 2.84. The predicted molar refractivity (Wildman–Crippen MR) is 77.8 cm³/mol. The number of fused-ring (bicyclic) bond motifs is 1. The van der Waals surface area contributed by atoms with Gasteiger partial charge in [-0.1, -0.05) is 5.57 Å². The molecule has 4 nitrogen and oxygen atoms in total. The first kappa shape index (κ1) is 14.9. The molecule has 0 aromatic heterocycles. The topological polar surface area (TPSA) is 52.6 Å². The maximum atomic E-state index is 12.8. The van der Waals surface area contributed by atoms with E-state index < -0.39 is 11.2 Å². The second-order valence-corrected chi connectivity index (χ2v) is 7.00. The van der Waals surface area contributed by atoms with E-state index in [9.17, 15) is 9.59 Å². The number of allylic oxidation sites excluding steroid dienone is 2. The first-order valence-corrected chi connectivity index (χ1v) is 8.00. The van der Waals surface area contributed by atoms with Gasteiger partial charge in [0.05, 0.1) is 18.1 Å². The number of rotatable bonds is 2. The van der Waals surface area contributed by atoms with Gasteiger partial charge in [0, 0.05) is 12.8 Å². The van der Waals surface area contributed by atoms with E-state index in [0.717, 1.165) is 24.8 Å². The van der Waals surface area contributed by atoms with E-state index in [-0.39, 0.29) is 11.9 Å². The Morgan fingerprint density at radius 2 is 1.95 bits per heavy atom. The monoisotopic (exact) mass is 292 g/mol. The van der Waals surface area contributed by atoms with Crippen LogP contribution in [-0.4, -0.2) is 30.1 Å². The van der Waals surface area contributed by atoms with Crippen molar-refractivity contribution in [3.8, 4) is 0 Å². The van der Waals surface area contributed by atoms with Gasteiger partial charge in [-0.15, -0.1) is 0 Å². The molecule has 1 saturated carbocycles. The van der Waals surface area contributed by atoms with Crippen LogP contribution in [-0.2, 0) is 19.1 Å². The third-order valence-electron chi connectivity index (χ3n) is 5.03. The highest BCUT2D eigenvalue weighted by atomic mass is 16.7. The minimum atomic E-state index is -0.566. The van der Waals surface area contributed by atoms with Gasteiger partial charge < -0.3 is 9.47 Å². The smallest absolute Gasteiger partial charge is 0.163 e. The van der Waals surface area contributed by atoms with Crippen molar-refractivity contribution in [1.29, 1.82) is 0 Å². The van der Waals surface area contributed by atoms with Gasteiger partial charge in [0.15, 0.2) is 11.6 Å². The number of hydrogen-bond donors (Lipinski definition) is 0. The third-order valence-corrected chi connectivity index (χ3v) is 5.03. The second-order valence-electron chi connectivity index (χ2n) is 7.00. The van der Waals surface area contributed by atoms with Crippen LogP contribution in [0.3, 0.4) is 0 Å². The first-order valence-electron chi connectivity index (χ1n) is 8.00. The van der Waals surface area contributed by atoms with E-state index in [2.05, 4.69) is 0 Å². The highest BCUT2D eigenvalue weighted by Crippen LogP contribution is 2.48. The van der Waals surface area contributed by atoms with E-state index in [1.807, 2.05) is 13.8 Å². The van der Waals surface area contributed by atoms with Gasteiger partial charge in [0.25, 0.3) is 0 Å². The molecule has 1 aliphatic heterocycles. The molecule has 0 bridgehead atoms. The highest BCUT2D eigenvalue weighted by molar-refractivity contribution is 5.97. The highest BCUT2D eigenvalue weighted by Gasteiger charge is 2.48. The Hall–Kier alpha value is -1.00. The van der Waals surface area contributed by atoms with Crippen LogP contribution in [0.4, 0.5) is 0 Å². The van der Waals surface area contributed by atoms with Crippen molar-refractivity contribution < 1.29 is 19.1 Å². The van der Waals surface area contributed by atoms with E-state index in [4.69, 9.17) is 9.47 Å². The molecule has 0 aromatic rings. The summed E-state index contributed by atoms with van der Waals surface area (Å²) in [5, 5.41) is 0. The van der Waals surface area contributed by atoms with Crippen LogP contribution in [0.2, 0.25) is 0 Å². The molecule has 0 aromatic carbocycles. The Morgan fingerprint density at radius 1 is 1.19 bits per heavy atom. The lowest BCUT2D eigenvalue weighted by atomic mass is 9.65. The van der Waals surface area contributed by atoms with Crippen molar-refractivity contribution in [2.24, 2.45) is 5.41 Å². The molecule has 2 aliphatic carbocycles. The van der Waals surface area contributed by atoms with Crippen molar-refractivity contribution in [1.82, 2.24) is 0 Å². The van der Waals surface area contributed by atoms with Crippen LogP contribution < -0.4 is 0 Å². The summed E-state index contributed by atoms with van der Waals surface area (Å²) in [4.78, 5) is 24.6. The second kappa shape index (κ2) is 5.33. The standard InChI is InChI=1S/C17H24O4/c1-16(2)20-11-14(21-16)10-17-8-7-13(18)9-12(17)5-3-4-6-15(17)19/h9,14H,3-8,10-11H2,1-2H3/t14-,17+/m0/s1. The van der Waals surface area contributed by atoms with Crippen LogP contribution in [0.25, 0.3) is 0 Å². The Morgan fingerprint density at radius 3 is 2.67 bits per heavy atom. The molecule has 3 rings (SSSR count). The largest absolute Gasteiger partial charge is 0.348 e. The molecule has 1 saturated heterocycles. The number of ketones is 2. The van der Waals surface area contributed by atoms with Gasteiger partial charge in [-0.2, -0.15) is 0 Å². The van der Waals surface area contributed by atoms with E-state index in [0.29, 0.717) is 38.1 Å². The molecular formula is C17H24O4. The molecule has 2 fully saturated rings. The zero-order chi connectivity index (χ0) is 15.1. The van der Waals surface area contributed by atoms with Gasteiger partial charge in [0.2, 0.25) is 0 Å². The fourth-order valence-corrected chi connectivity index (χ4v) is 3.97. The number of ether oxygens (including phenoxy) is 2. The van der Waals surface area contributed by atoms with Crippen molar-refractivity contribution in [3.05, 3.63) is 11.6 Å². The van der Waals surface area contributed by atoms with Crippen molar-refractivity contribution in [3.63, 3.8) is 0 Å². The number of carbonyl (C=O) groups excluding carboxylic acids is 2. The molecule has 116 valence electrons. The van der Waals surface area contributed by atoms with Gasteiger partial charge in [0.1, 0.15) is 5.78 Å². The number of carbonyl (C=O) groups is 2. The molecule has 21 heavy (non-hydrogen) atoms. The number of hydrogen-bond acceptors (Lipinski definition) is 4. The zero-order valence-corrected chi connectivity index (χ0v) is 12.9. The summed E-state index contributed by atoms with van der Waals surface area (Å²) in [6.45, 7) is 4.34. The van der Waals surface area contributed by atoms with Crippen LogP contribution in [0, 0.1) is 5.41 Å². The molecule has 0 unspecified atom stereocenters. The normalized spacial score (nSPS) is 36.1. The fourth-order valence-electron chi connectivity index (χ4n) is 3.97. The minimum Gasteiger partial charge on any atom is -0.348 e. The van der Waals surface area contributed by atoms with E-state index >= 15 is 0 Å². The van der Waals surface area contributed by atoms with Crippen LogP contribution >= 0.6 is 0 Å². The lowest BCUT2D eigenvalue weighted by Gasteiger charge is -2.37. The van der Waals surface area contributed by atoms with Crippen LogP contribution in [0.1, 0.15) is 58.8 Å². The Balaban J connectivity index is 1.88. The molecule has 4 heteroatoms. The molecule has 3 aliphatic rings. The molecule has 0 N–H and O–H groups in total. The quantitative estimate of drug-likeness (QED) is 0.785. The Bertz CT molecular complexity index is 491. The fraction of sp³-hybridized carbons (Fsp3) is 0.765. The van der Waals surface area contributed by atoms with Crippen LogP contribution in [0.15, 0.2) is 11.6 Å². The summed E-state index contributed by atoms with van der Waals surface area (Å²) in [5.41, 5.74) is 0.577. The molecule has 1 heterocycles. The molecular weight excluding hydrogens is 268 g/mol. The Labute approximate surface area is 125 Å². The Kier molecular flexibility index (Phi) is 3.78. The average molecular weight is 292 g/mol. The van der Waals surface area contributed by atoms with Crippen LogP contribution in [0.5, 0.6) is 0 Å². The SMILES string of the molecule is CC1(C)OC[C@H](C[C@]23CCC(=O)C=C2CCCCC3=O)O1. The predicted octanol–water partition coefficient (Wildman–Crippen LogP) is 2.95. The lowest BCUT2D eigenvalue weighted by Crippen LogP contribution is -2.39. The molecule has 2 atom stereocenters. The molecule has 0 radical (unpaired) electrons. The van der Waals surface area contributed by atoms with Crippen molar-refractivity contribution in [2.75, 3.05) is 6.61 Å². The van der Waals surface area contributed by atoms with Gasteiger partial charge in [-0.25, -0.2) is 0 Å². The van der Waals surface area contributed by atoms with Crippen molar-refractivity contribution in [2.45, 2.75) is 70.7 Å². The molecule has 0 spiro atoms. The lowest BCUT2D eigenvalue weighted by molar-refractivity contribution is -0.146. The summed E-state index contributed by atoms with van der Waals surface area (Å²) < 4.78 is 11.6. The number of Topliss-reactive ketones (excluding diaryl/α,β-unsaturated/α-hetero) is 1. The van der Waals surface area contributed by atoms with E-state index in [1.54, 1.807) is 6.08 Å². The maximum Gasteiger partial charge on any atom is 0.163 e. The van der Waals surface area contributed by atoms with Gasteiger partial charge in [-0.3, -0.25) is 9.59 Å².